The molecule has 2 rings (SSSR count). The van der Waals surface area contributed by atoms with Crippen LogP contribution in [0.5, 0.6) is 0 Å². The number of anilines is 2. The minimum atomic E-state index is -3.39. The van der Waals surface area contributed by atoms with E-state index in [1.54, 1.807) is 18.1 Å². The zero-order valence-corrected chi connectivity index (χ0v) is 13.5. The van der Waals surface area contributed by atoms with Gasteiger partial charge in [0.2, 0.25) is 0 Å². The lowest BCUT2D eigenvalue weighted by molar-refractivity contribution is 0.595. The molecule has 116 valence electrons. The van der Waals surface area contributed by atoms with Gasteiger partial charge in [0.05, 0.1) is 5.75 Å². The zero-order chi connectivity index (χ0) is 15.5. The van der Waals surface area contributed by atoms with E-state index in [-0.39, 0.29) is 16.5 Å². The van der Waals surface area contributed by atoms with E-state index in [1.165, 1.54) is 0 Å². The van der Waals surface area contributed by atoms with Crippen LogP contribution in [-0.2, 0) is 23.3 Å². The molecule has 0 saturated heterocycles. The number of hydrogen-bond acceptors (Lipinski definition) is 8. The van der Waals surface area contributed by atoms with Gasteiger partial charge in [-0.05, 0) is 18.0 Å². The van der Waals surface area contributed by atoms with Crippen LogP contribution in [0.2, 0.25) is 0 Å². The molecule has 0 unspecified atom stereocenters. The Morgan fingerprint density at radius 1 is 1.48 bits per heavy atom. The van der Waals surface area contributed by atoms with Crippen LogP contribution in [0.15, 0.2) is 11.2 Å². The Labute approximate surface area is 127 Å². The fourth-order valence-corrected chi connectivity index (χ4v) is 4.51. The Morgan fingerprint density at radius 2 is 2.24 bits per heavy atom. The van der Waals surface area contributed by atoms with Gasteiger partial charge in [-0.25, -0.2) is 13.4 Å². The molecule has 8 nitrogen and oxygen atoms in total. The van der Waals surface area contributed by atoms with E-state index in [0.29, 0.717) is 30.2 Å². The Bertz CT molecular complexity index is 706. The Balaban J connectivity index is 2.07. The summed E-state index contributed by atoms with van der Waals surface area (Å²) in [5.74, 6) is 0.818. The Morgan fingerprint density at radius 3 is 2.86 bits per heavy atom. The second kappa shape index (κ2) is 6.39. The van der Waals surface area contributed by atoms with E-state index in [2.05, 4.69) is 19.8 Å². The first-order chi connectivity index (χ1) is 9.94. The molecule has 0 fully saturated rings. The lowest BCUT2D eigenvalue weighted by atomic mass is 10.4. The van der Waals surface area contributed by atoms with Crippen LogP contribution in [0.1, 0.15) is 19.2 Å². The largest absolute Gasteiger partial charge is 0.382 e. The van der Waals surface area contributed by atoms with Crippen molar-refractivity contribution in [3.05, 3.63) is 12.2 Å². The second-order valence-electron chi connectivity index (χ2n) is 4.56. The molecule has 0 radical (unpaired) electrons. The molecule has 2 aromatic heterocycles. The van der Waals surface area contributed by atoms with Gasteiger partial charge < -0.3 is 11.1 Å². The summed E-state index contributed by atoms with van der Waals surface area (Å²) in [6, 6.07) is 0. The maximum atomic E-state index is 12.2. The topological polar surface area (TPSA) is 116 Å². The number of hydrogen-bond donors (Lipinski definition) is 2. The molecule has 2 heterocycles. The molecule has 3 N–H and O–H groups in total. The molecule has 10 heteroatoms. The van der Waals surface area contributed by atoms with Crippen LogP contribution in [-0.4, -0.2) is 39.9 Å². The molecule has 0 spiro atoms. The van der Waals surface area contributed by atoms with Gasteiger partial charge in [-0.1, -0.05) is 6.92 Å². The van der Waals surface area contributed by atoms with Crippen LogP contribution in [0.4, 0.5) is 10.8 Å². The van der Waals surface area contributed by atoms with Crippen molar-refractivity contribution < 1.29 is 8.42 Å². The van der Waals surface area contributed by atoms with Crippen LogP contribution in [0.25, 0.3) is 0 Å². The van der Waals surface area contributed by atoms with Crippen LogP contribution >= 0.6 is 11.5 Å². The number of nitrogens with two attached hydrogens (primary N) is 1. The van der Waals surface area contributed by atoms with Gasteiger partial charge in [-0.2, -0.15) is 9.47 Å². The van der Waals surface area contributed by atoms with Gasteiger partial charge >= 0.3 is 0 Å². The molecule has 0 aliphatic rings. The molecule has 2 aromatic rings. The highest BCUT2D eigenvalue weighted by Gasteiger charge is 2.24. The summed E-state index contributed by atoms with van der Waals surface area (Å²) in [6.07, 6.45) is 2.75. The van der Waals surface area contributed by atoms with Crippen LogP contribution in [0.3, 0.4) is 0 Å². The molecule has 0 amide bonds. The van der Waals surface area contributed by atoms with Crippen molar-refractivity contribution >= 4 is 32.2 Å². The lowest BCUT2D eigenvalue weighted by Crippen LogP contribution is -2.12. The van der Waals surface area contributed by atoms with Gasteiger partial charge in [0, 0.05) is 20.0 Å². The van der Waals surface area contributed by atoms with Gasteiger partial charge in [-0.3, -0.25) is 4.68 Å². The maximum absolute atomic E-state index is 12.2. The highest BCUT2D eigenvalue weighted by Crippen LogP contribution is 2.32. The average Bonchev–Trinajstić information content (AvgIpc) is 2.96. The van der Waals surface area contributed by atoms with E-state index in [0.717, 1.165) is 11.5 Å². The van der Waals surface area contributed by atoms with Crippen molar-refractivity contribution in [1.82, 2.24) is 19.1 Å². The normalized spacial score (nSPS) is 11.7. The minimum absolute atomic E-state index is 0.0616. The maximum Gasteiger partial charge on any atom is 0.185 e. The van der Waals surface area contributed by atoms with E-state index in [9.17, 15) is 8.42 Å². The van der Waals surface area contributed by atoms with Crippen molar-refractivity contribution in [2.45, 2.75) is 24.7 Å². The minimum Gasteiger partial charge on any atom is -0.382 e. The third-order valence-electron chi connectivity index (χ3n) is 2.74. The summed E-state index contributed by atoms with van der Waals surface area (Å²) in [5.41, 5.74) is 5.70. The number of nitrogens with zero attached hydrogens (tertiary/aromatic N) is 4. The Hall–Kier alpha value is -1.68. The molecule has 21 heavy (non-hydrogen) atoms. The van der Waals surface area contributed by atoms with Gasteiger partial charge in [-0.15, -0.1) is 0 Å². The highest BCUT2D eigenvalue weighted by atomic mass is 32.2. The molecule has 0 aliphatic carbocycles. The zero-order valence-electron chi connectivity index (χ0n) is 11.9. The van der Waals surface area contributed by atoms with Crippen LogP contribution < -0.4 is 11.1 Å². The smallest absolute Gasteiger partial charge is 0.185 e. The molecule has 0 bridgehead atoms. The first-order valence-corrected chi connectivity index (χ1v) is 8.93. The summed E-state index contributed by atoms with van der Waals surface area (Å²) in [4.78, 5) is 4.22. The van der Waals surface area contributed by atoms with Crippen LogP contribution in [0, 0.1) is 0 Å². The lowest BCUT2D eigenvalue weighted by Gasteiger charge is -2.06. The number of aryl methyl sites for hydroxylation is 1. The summed E-state index contributed by atoms with van der Waals surface area (Å²) in [5, 5.41) is 7.71. The third-order valence-corrected chi connectivity index (χ3v) is 5.67. The summed E-state index contributed by atoms with van der Waals surface area (Å²) in [6.45, 7) is 2.33. The van der Waals surface area contributed by atoms with Crippen molar-refractivity contribution in [2.75, 3.05) is 23.3 Å². The number of nitrogens with one attached hydrogen (secondary N) is 1. The van der Waals surface area contributed by atoms with Crippen molar-refractivity contribution in [3.8, 4) is 0 Å². The first-order valence-electron chi connectivity index (χ1n) is 6.50. The number of nitrogen functional groups attached to an aromatic ring is 1. The molecule has 0 aliphatic heterocycles. The second-order valence-corrected chi connectivity index (χ2v) is 7.38. The predicted molar refractivity (Wildman–Crippen MR) is 82.1 cm³/mol. The molecule has 0 aromatic carbocycles. The fraction of sp³-hybridized carbons (Fsp3) is 0.545. The van der Waals surface area contributed by atoms with E-state index in [1.807, 2.05) is 6.92 Å². The monoisotopic (exact) mass is 330 g/mol. The van der Waals surface area contributed by atoms with Crippen molar-refractivity contribution in [3.63, 3.8) is 0 Å². The molecular formula is C11H18N6O2S2. The summed E-state index contributed by atoms with van der Waals surface area (Å²) >= 11 is 1.06. The predicted octanol–water partition coefficient (Wildman–Crippen LogP) is 0.692. The average molecular weight is 330 g/mol. The molecule has 0 atom stereocenters. The Kier molecular flexibility index (Phi) is 4.78. The van der Waals surface area contributed by atoms with Gasteiger partial charge in [0.15, 0.2) is 21.5 Å². The molecular weight excluding hydrogens is 312 g/mol. The number of aromatic nitrogens is 4. The van der Waals surface area contributed by atoms with E-state index >= 15 is 0 Å². The number of rotatable bonds is 7. The SMILES string of the molecule is CCCS(=O)(=O)c1c(N)nsc1NCCc1ncn(C)n1. The van der Waals surface area contributed by atoms with Crippen molar-refractivity contribution in [2.24, 2.45) is 7.05 Å². The number of sulfone groups is 1. The standard InChI is InChI=1S/C11H18N6O2S2/c1-3-6-21(18,19)9-10(12)16-20-11(9)13-5-4-8-14-7-17(2)15-8/h7,13H,3-6H2,1-2H3,(H2,12,16). The molecule has 0 saturated carbocycles. The van der Waals surface area contributed by atoms with E-state index in [4.69, 9.17) is 5.73 Å². The highest BCUT2D eigenvalue weighted by molar-refractivity contribution is 7.91. The van der Waals surface area contributed by atoms with Crippen molar-refractivity contribution in [1.29, 1.82) is 0 Å². The van der Waals surface area contributed by atoms with E-state index < -0.39 is 9.84 Å². The third kappa shape index (κ3) is 3.70. The first kappa shape index (κ1) is 15.7. The summed E-state index contributed by atoms with van der Waals surface area (Å²) in [7, 11) is -1.60. The van der Waals surface area contributed by atoms with Gasteiger partial charge in [0.25, 0.3) is 0 Å². The summed E-state index contributed by atoms with van der Waals surface area (Å²) < 4.78 is 29.9. The fourth-order valence-electron chi connectivity index (χ4n) is 1.86. The quantitative estimate of drug-likeness (QED) is 0.767. The van der Waals surface area contributed by atoms with Gasteiger partial charge in [0.1, 0.15) is 16.2 Å².